The molecule has 0 unspecified atom stereocenters. The summed E-state index contributed by atoms with van der Waals surface area (Å²) >= 11 is 6.18. The van der Waals surface area contributed by atoms with Crippen LogP contribution in [0.2, 0.25) is 5.02 Å². The molecule has 7 nitrogen and oxygen atoms in total. The summed E-state index contributed by atoms with van der Waals surface area (Å²) < 4.78 is 107. The molecule has 1 amide bonds. The Labute approximate surface area is 262 Å². The van der Waals surface area contributed by atoms with Gasteiger partial charge in [0.25, 0.3) is 0 Å². The Morgan fingerprint density at radius 1 is 0.867 bits per heavy atom. The van der Waals surface area contributed by atoms with Crippen LogP contribution < -0.4 is 9.80 Å². The van der Waals surface area contributed by atoms with E-state index in [0.717, 1.165) is 16.7 Å². The van der Waals surface area contributed by atoms with E-state index in [-0.39, 0.29) is 24.8 Å². The van der Waals surface area contributed by atoms with E-state index in [1.807, 2.05) is 4.90 Å². The van der Waals surface area contributed by atoms with Gasteiger partial charge in [-0.1, -0.05) is 17.7 Å². The Morgan fingerprint density at radius 3 is 1.89 bits per heavy atom. The van der Waals surface area contributed by atoms with Crippen molar-refractivity contribution in [3.8, 4) is 11.1 Å². The van der Waals surface area contributed by atoms with Gasteiger partial charge >= 0.3 is 12.4 Å². The molecule has 0 aliphatic carbocycles. The number of anilines is 2. The number of hydrogen-bond donors (Lipinski definition) is 0. The zero-order chi connectivity index (χ0) is 33.7. The van der Waals surface area contributed by atoms with E-state index >= 15 is 0 Å². The molecule has 0 bridgehead atoms. The smallest absolute Gasteiger partial charge is 0.354 e. The number of aryl methyl sites for hydroxylation is 1. The minimum atomic E-state index is -5.08. The molecule has 1 aliphatic heterocycles. The van der Waals surface area contributed by atoms with Gasteiger partial charge in [-0.05, 0) is 73.9 Å². The lowest BCUT2D eigenvalue weighted by Gasteiger charge is -2.35. The number of halogens is 7. The van der Waals surface area contributed by atoms with Gasteiger partial charge in [0.1, 0.15) is 5.82 Å². The van der Waals surface area contributed by atoms with Crippen LogP contribution >= 0.6 is 11.6 Å². The van der Waals surface area contributed by atoms with Crippen LogP contribution in [0.5, 0.6) is 0 Å². The lowest BCUT2D eigenvalue weighted by atomic mass is 9.81. The average Bonchev–Trinajstić information content (AvgIpc) is 2.94. The van der Waals surface area contributed by atoms with Gasteiger partial charge < -0.3 is 9.80 Å². The fourth-order valence-corrected chi connectivity index (χ4v) is 6.29. The second kappa shape index (κ2) is 12.1. The second-order valence-electron chi connectivity index (χ2n) is 11.5. The number of benzene rings is 2. The van der Waals surface area contributed by atoms with Crippen molar-refractivity contribution in [1.82, 2.24) is 9.29 Å². The van der Waals surface area contributed by atoms with Crippen LogP contribution in [0.1, 0.15) is 36.1 Å². The topological polar surface area (TPSA) is 73.8 Å². The van der Waals surface area contributed by atoms with Gasteiger partial charge in [-0.3, -0.25) is 4.79 Å². The molecule has 244 valence electrons. The number of aromatic nitrogens is 1. The van der Waals surface area contributed by atoms with Crippen molar-refractivity contribution in [1.29, 1.82) is 0 Å². The van der Waals surface area contributed by atoms with Crippen LogP contribution in [0, 0.1) is 6.92 Å². The van der Waals surface area contributed by atoms with Gasteiger partial charge in [0.2, 0.25) is 15.9 Å². The lowest BCUT2D eigenvalue weighted by Crippen LogP contribution is -2.48. The van der Waals surface area contributed by atoms with E-state index < -0.39 is 50.4 Å². The lowest BCUT2D eigenvalue weighted by molar-refractivity contribution is -0.143. The summed E-state index contributed by atoms with van der Waals surface area (Å²) in [7, 11) is -2.00. The zero-order valence-electron chi connectivity index (χ0n) is 25.0. The van der Waals surface area contributed by atoms with Crippen molar-refractivity contribution in [3.63, 3.8) is 0 Å². The van der Waals surface area contributed by atoms with Gasteiger partial charge in [0, 0.05) is 43.8 Å². The van der Waals surface area contributed by atoms with Gasteiger partial charge in [-0.2, -0.15) is 30.6 Å². The Balaban J connectivity index is 1.79. The Morgan fingerprint density at radius 2 is 1.40 bits per heavy atom. The highest BCUT2D eigenvalue weighted by atomic mass is 35.5. The molecule has 0 spiro atoms. The SMILES string of the molecule is Cc1cc(Cl)ccc1-c1cc(N2CCN(S(C)(=O)=O)CC2)ncc1N(C)C(=O)C(C)(C)c1cc(C(F)(F)F)cc(C(F)(F)F)c1. The maximum atomic E-state index is 14.0. The molecule has 45 heavy (non-hydrogen) atoms. The number of carbonyl (C=O) groups excluding carboxylic acids is 1. The molecule has 0 N–H and O–H groups in total. The van der Waals surface area contributed by atoms with E-state index in [9.17, 15) is 39.6 Å². The fraction of sp³-hybridized carbons (Fsp3) is 0.400. The highest BCUT2D eigenvalue weighted by Crippen LogP contribution is 2.41. The number of rotatable bonds is 6. The summed E-state index contributed by atoms with van der Waals surface area (Å²) in [5.74, 6) is -0.289. The van der Waals surface area contributed by atoms with E-state index in [4.69, 9.17) is 11.6 Å². The third-order valence-electron chi connectivity index (χ3n) is 7.89. The molecule has 1 aliphatic rings. The summed E-state index contributed by atoms with van der Waals surface area (Å²) in [5, 5.41) is 0.458. The summed E-state index contributed by atoms with van der Waals surface area (Å²) in [6.07, 6.45) is -7.61. The quantitative estimate of drug-likeness (QED) is 0.270. The zero-order valence-corrected chi connectivity index (χ0v) is 26.6. The van der Waals surface area contributed by atoms with Crippen molar-refractivity contribution in [2.75, 3.05) is 49.3 Å². The second-order valence-corrected chi connectivity index (χ2v) is 13.9. The Kier molecular flexibility index (Phi) is 9.28. The molecule has 2 heterocycles. The molecule has 0 atom stereocenters. The van der Waals surface area contributed by atoms with E-state index in [0.29, 0.717) is 47.2 Å². The van der Waals surface area contributed by atoms with Crippen molar-refractivity contribution in [3.05, 3.63) is 75.9 Å². The van der Waals surface area contributed by atoms with Gasteiger partial charge in [0.05, 0.1) is 34.7 Å². The molecule has 2 aromatic carbocycles. The number of pyridine rings is 1. The Bertz CT molecular complexity index is 1690. The fourth-order valence-electron chi connectivity index (χ4n) is 5.24. The molecule has 3 aromatic rings. The molecular weight excluding hydrogens is 646 g/mol. The number of carbonyl (C=O) groups is 1. The molecule has 1 fully saturated rings. The maximum Gasteiger partial charge on any atom is 0.416 e. The van der Waals surface area contributed by atoms with Crippen LogP contribution in [-0.2, 0) is 32.6 Å². The normalized spacial score (nSPS) is 15.3. The minimum absolute atomic E-state index is 0.0214. The number of amides is 1. The molecule has 15 heteroatoms. The number of hydrogen-bond acceptors (Lipinski definition) is 5. The first-order valence-corrected chi connectivity index (χ1v) is 15.9. The average molecular weight is 677 g/mol. The van der Waals surface area contributed by atoms with Crippen molar-refractivity contribution in [2.45, 2.75) is 38.5 Å². The summed E-state index contributed by atoms with van der Waals surface area (Å²) in [5.41, 5.74) is -3.18. The first-order valence-electron chi connectivity index (χ1n) is 13.7. The van der Waals surface area contributed by atoms with Crippen molar-refractivity contribution in [2.24, 2.45) is 0 Å². The molecule has 0 saturated carbocycles. The van der Waals surface area contributed by atoms with Crippen molar-refractivity contribution < 1.29 is 39.6 Å². The van der Waals surface area contributed by atoms with E-state index in [2.05, 4.69) is 4.98 Å². The number of piperazine rings is 1. The number of alkyl halides is 6. The standard InChI is InChI=1S/C30H31ClF6N4O3S/c1-18-12-22(31)6-7-23(18)24-16-26(40-8-10-41(11-9-40)45(5,43)44)38-17-25(24)39(4)27(42)28(2,3)19-13-20(29(32,33)34)15-21(14-19)30(35,36)37/h6-7,12-17H,8-11H2,1-5H3. The summed E-state index contributed by atoms with van der Waals surface area (Å²) in [4.78, 5) is 21.5. The van der Waals surface area contributed by atoms with E-state index in [1.165, 1.54) is 31.4 Å². The predicted molar refractivity (Wildman–Crippen MR) is 161 cm³/mol. The van der Waals surface area contributed by atoms with Crippen molar-refractivity contribution >= 4 is 39.0 Å². The number of likely N-dealkylation sites (N-methyl/N-ethyl adjacent to an activating group) is 1. The van der Waals surface area contributed by atoms with E-state index in [1.54, 1.807) is 31.2 Å². The Hall–Kier alpha value is -3.36. The first kappa shape index (κ1) is 34.5. The number of nitrogens with zero attached hydrogens (tertiary/aromatic N) is 4. The molecule has 0 radical (unpaired) electrons. The minimum Gasteiger partial charge on any atom is -0.354 e. The van der Waals surface area contributed by atoms with Crippen LogP contribution in [-0.4, -0.2) is 63.1 Å². The predicted octanol–water partition coefficient (Wildman–Crippen LogP) is 6.77. The third-order valence-corrected chi connectivity index (χ3v) is 9.43. The maximum absolute atomic E-state index is 14.0. The summed E-state index contributed by atoms with van der Waals surface area (Å²) in [6.45, 7) is 5.48. The van der Waals surface area contributed by atoms with Crippen LogP contribution in [0.25, 0.3) is 11.1 Å². The monoisotopic (exact) mass is 676 g/mol. The molecule has 4 rings (SSSR count). The van der Waals surface area contributed by atoms with Gasteiger partial charge in [-0.15, -0.1) is 0 Å². The summed E-state index contributed by atoms with van der Waals surface area (Å²) in [6, 6.07) is 7.93. The van der Waals surface area contributed by atoms with Crippen LogP contribution in [0.3, 0.4) is 0 Å². The highest BCUT2D eigenvalue weighted by molar-refractivity contribution is 7.88. The largest absolute Gasteiger partial charge is 0.416 e. The van der Waals surface area contributed by atoms with Gasteiger partial charge in [-0.25, -0.2) is 13.4 Å². The number of sulfonamides is 1. The first-order chi connectivity index (χ1) is 20.6. The molecule has 1 aromatic heterocycles. The highest BCUT2D eigenvalue weighted by Gasteiger charge is 2.41. The molecule has 1 saturated heterocycles. The van der Waals surface area contributed by atoms with Crippen LogP contribution in [0.4, 0.5) is 37.8 Å². The van der Waals surface area contributed by atoms with Gasteiger partial charge in [0.15, 0.2) is 0 Å². The molecular formula is C30H31ClF6N4O3S. The third kappa shape index (κ3) is 7.39. The van der Waals surface area contributed by atoms with Crippen LogP contribution in [0.15, 0.2) is 48.7 Å².